The first-order valence-corrected chi connectivity index (χ1v) is 10.9. The highest BCUT2D eigenvalue weighted by Gasteiger charge is 2.37. The number of aromatic nitrogens is 2. The molecule has 0 unspecified atom stereocenters. The lowest BCUT2D eigenvalue weighted by atomic mass is 10.1. The van der Waals surface area contributed by atoms with Crippen LogP contribution in [0.2, 0.25) is 0 Å². The molecule has 0 bridgehead atoms. The number of carbonyl (C=O) groups is 2. The lowest BCUT2D eigenvalue weighted by molar-refractivity contribution is -0.123. The van der Waals surface area contributed by atoms with Gasteiger partial charge in [0.05, 0.1) is 0 Å². The molecule has 3 aromatic rings. The lowest BCUT2D eigenvalue weighted by Gasteiger charge is -2.30. The molecule has 2 amide bonds. The number of furan rings is 1. The van der Waals surface area contributed by atoms with Crippen LogP contribution in [0.5, 0.6) is 0 Å². The molecular weight excluding hydrogens is 400 g/mol. The number of anilines is 1. The second-order valence-corrected chi connectivity index (χ2v) is 8.25. The van der Waals surface area contributed by atoms with Gasteiger partial charge in [0, 0.05) is 17.1 Å². The van der Waals surface area contributed by atoms with Gasteiger partial charge in [-0.05, 0) is 62.5 Å². The maximum absolute atomic E-state index is 13.5. The first-order chi connectivity index (χ1) is 14.5. The summed E-state index contributed by atoms with van der Waals surface area (Å²) >= 11 is 1.10. The summed E-state index contributed by atoms with van der Waals surface area (Å²) in [5, 5.41) is 8.65. The van der Waals surface area contributed by atoms with Crippen molar-refractivity contribution in [3.05, 3.63) is 64.6 Å². The second-order valence-electron chi connectivity index (χ2n) is 7.64. The summed E-state index contributed by atoms with van der Waals surface area (Å²) in [6.07, 6.45) is 4.09. The fourth-order valence-electron chi connectivity index (χ4n) is 3.79. The zero-order valence-corrected chi connectivity index (χ0v) is 17.8. The molecule has 0 saturated heterocycles. The summed E-state index contributed by atoms with van der Waals surface area (Å²) in [6, 6.07) is 10.2. The van der Waals surface area contributed by atoms with Crippen molar-refractivity contribution in [2.24, 2.45) is 0 Å². The molecule has 4 rings (SSSR count). The minimum absolute atomic E-state index is 0.118. The SMILES string of the molecule is Cc1ccc(N(C(=O)c2csnn2)[C@H](C(=O)NC2CCCC2)c2ccc(C)o2)cc1. The van der Waals surface area contributed by atoms with Gasteiger partial charge in [-0.25, -0.2) is 0 Å². The zero-order valence-electron chi connectivity index (χ0n) is 17.0. The summed E-state index contributed by atoms with van der Waals surface area (Å²) < 4.78 is 9.65. The Morgan fingerprint density at radius 3 is 2.47 bits per heavy atom. The second kappa shape index (κ2) is 8.79. The molecule has 0 radical (unpaired) electrons. The van der Waals surface area contributed by atoms with E-state index in [4.69, 9.17) is 4.42 Å². The third kappa shape index (κ3) is 4.28. The van der Waals surface area contributed by atoms with Gasteiger partial charge in [0.25, 0.3) is 11.8 Å². The van der Waals surface area contributed by atoms with Gasteiger partial charge < -0.3 is 9.73 Å². The zero-order chi connectivity index (χ0) is 21.1. The fourth-order valence-corrected chi connectivity index (χ4v) is 4.22. The predicted molar refractivity (Wildman–Crippen MR) is 114 cm³/mol. The Bertz CT molecular complexity index is 1010. The molecule has 1 saturated carbocycles. The predicted octanol–water partition coefficient (Wildman–Crippen LogP) is 4.19. The van der Waals surface area contributed by atoms with E-state index in [1.54, 1.807) is 17.5 Å². The number of aryl methyl sites for hydroxylation is 2. The largest absolute Gasteiger partial charge is 0.464 e. The van der Waals surface area contributed by atoms with Crippen LogP contribution >= 0.6 is 11.5 Å². The van der Waals surface area contributed by atoms with E-state index in [2.05, 4.69) is 14.9 Å². The van der Waals surface area contributed by atoms with Crippen LogP contribution in [0.15, 0.2) is 46.2 Å². The molecule has 2 aromatic heterocycles. The van der Waals surface area contributed by atoms with E-state index in [-0.39, 0.29) is 17.6 Å². The molecule has 1 fully saturated rings. The summed E-state index contributed by atoms with van der Waals surface area (Å²) in [4.78, 5) is 28.4. The lowest BCUT2D eigenvalue weighted by Crippen LogP contribution is -2.46. The van der Waals surface area contributed by atoms with E-state index in [1.165, 1.54) is 4.90 Å². The van der Waals surface area contributed by atoms with E-state index < -0.39 is 11.9 Å². The molecular formula is C22H24N4O3S. The Morgan fingerprint density at radius 1 is 1.13 bits per heavy atom. The average Bonchev–Trinajstić information content (AvgIpc) is 3.49. The van der Waals surface area contributed by atoms with Gasteiger partial charge in [-0.2, -0.15) is 0 Å². The monoisotopic (exact) mass is 424 g/mol. The van der Waals surface area contributed by atoms with Crippen molar-refractivity contribution in [3.63, 3.8) is 0 Å². The molecule has 1 atom stereocenters. The topological polar surface area (TPSA) is 88.3 Å². The Kier molecular flexibility index (Phi) is 5.94. The van der Waals surface area contributed by atoms with E-state index in [9.17, 15) is 9.59 Å². The van der Waals surface area contributed by atoms with Crippen LogP contribution in [0.25, 0.3) is 0 Å². The third-order valence-electron chi connectivity index (χ3n) is 5.35. The average molecular weight is 425 g/mol. The van der Waals surface area contributed by atoms with Crippen LogP contribution in [0.1, 0.15) is 59.3 Å². The molecule has 8 heteroatoms. The maximum atomic E-state index is 13.5. The Hall–Kier alpha value is -3.00. The normalized spacial score (nSPS) is 15.1. The van der Waals surface area contributed by atoms with Gasteiger partial charge in [0.2, 0.25) is 0 Å². The summed E-state index contributed by atoms with van der Waals surface area (Å²) in [5.41, 5.74) is 1.85. The van der Waals surface area contributed by atoms with E-state index in [0.29, 0.717) is 17.2 Å². The number of hydrogen-bond acceptors (Lipinski definition) is 6. The maximum Gasteiger partial charge on any atom is 0.280 e. The number of nitrogens with one attached hydrogen (secondary N) is 1. The molecule has 1 N–H and O–H groups in total. The molecule has 156 valence electrons. The highest BCUT2D eigenvalue weighted by molar-refractivity contribution is 7.03. The molecule has 2 heterocycles. The quantitative estimate of drug-likeness (QED) is 0.641. The highest BCUT2D eigenvalue weighted by atomic mass is 32.1. The Morgan fingerprint density at radius 2 is 1.87 bits per heavy atom. The van der Waals surface area contributed by atoms with Gasteiger partial charge in [-0.1, -0.05) is 35.0 Å². The summed E-state index contributed by atoms with van der Waals surface area (Å²) in [5.74, 6) is 0.442. The molecule has 7 nitrogen and oxygen atoms in total. The van der Waals surface area contributed by atoms with E-state index in [1.807, 2.05) is 38.1 Å². The van der Waals surface area contributed by atoms with Crippen LogP contribution in [0.4, 0.5) is 5.69 Å². The number of hydrogen-bond donors (Lipinski definition) is 1. The van der Waals surface area contributed by atoms with Crippen molar-refractivity contribution < 1.29 is 14.0 Å². The van der Waals surface area contributed by atoms with Crippen molar-refractivity contribution in [2.75, 3.05) is 4.90 Å². The van der Waals surface area contributed by atoms with E-state index in [0.717, 1.165) is 42.8 Å². The van der Waals surface area contributed by atoms with Crippen LogP contribution in [-0.2, 0) is 4.79 Å². The van der Waals surface area contributed by atoms with Crippen LogP contribution in [0.3, 0.4) is 0 Å². The third-order valence-corrected chi connectivity index (χ3v) is 5.85. The Balaban J connectivity index is 1.78. The molecule has 1 aliphatic rings. The molecule has 0 aliphatic heterocycles. The van der Waals surface area contributed by atoms with Crippen LogP contribution < -0.4 is 10.2 Å². The number of carbonyl (C=O) groups excluding carboxylic acids is 2. The smallest absolute Gasteiger partial charge is 0.280 e. The van der Waals surface area contributed by atoms with Crippen molar-refractivity contribution >= 4 is 29.0 Å². The van der Waals surface area contributed by atoms with Crippen LogP contribution in [0, 0.1) is 13.8 Å². The molecule has 30 heavy (non-hydrogen) atoms. The van der Waals surface area contributed by atoms with Crippen molar-refractivity contribution in [1.82, 2.24) is 14.9 Å². The molecule has 1 aromatic carbocycles. The number of rotatable bonds is 6. The van der Waals surface area contributed by atoms with Gasteiger partial charge in [-0.15, -0.1) is 5.10 Å². The molecule has 0 spiro atoms. The number of benzene rings is 1. The minimum Gasteiger partial charge on any atom is -0.464 e. The van der Waals surface area contributed by atoms with Gasteiger partial charge in [0.1, 0.15) is 11.5 Å². The first kappa shape index (κ1) is 20.3. The van der Waals surface area contributed by atoms with Crippen molar-refractivity contribution in [3.8, 4) is 0 Å². The summed E-state index contributed by atoms with van der Waals surface area (Å²) in [6.45, 7) is 3.79. The first-order valence-electron chi connectivity index (χ1n) is 10.1. The number of amides is 2. The van der Waals surface area contributed by atoms with Crippen LogP contribution in [-0.4, -0.2) is 27.4 Å². The summed E-state index contributed by atoms with van der Waals surface area (Å²) in [7, 11) is 0. The fraction of sp³-hybridized carbons (Fsp3) is 0.364. The Labute approximate surface area is 179 Å². The van der Waals surface area contributed by atoms with Gasteiger partial charge in [0.15, 0.2) is 11.7 Å². The van der Waals surface area contributed by atoms with Crippen molar-refractivity contribution in [1.29, 1.82) is 0 Å². The van der Waals surface area contributed by atoms with Gasteiger partial charge >= 0.3 is 0 Å². The standard InChI is InChI=1S/C22H24N4O3S/c1-14-7-10-17(11-8-14)26(22(28)18-13-30-25-24-18)20(19-12-9-15(2)29-19)21(27)23-16-5-3-4-6-16/h7-13,16,20H,3-6H2,1-2H3,(H,23,27)/t20-/m0/s1. The molecule has 1 aliphatic carbocycles. The highest BCUT2D eigenvalue weighted by Crippen LogP contribution is 2.31. The van der Waals surface area contributed by atoms with Gasteiger partial charge in [-0.3, -0.25) is 14.5 Å². The van der Waals surface area contributed by atoms with Crippen molar-refractivity contribution in [2.45, 2.75) is 51.6 Å². The minimum atomic E-state index is -0.948. The van der Waals surface area contributed by atoms with E-state index >= 15 is 0 Å². The number of nitrogens with zero attached hydrogens (tertiary/aromatic N) is 3.